The van der Waals surface area contributed by atoms with Crippen LogP contribution in [0, 0.1) is 0 Å². The van der Waals surface area contributed by atoms with Gasteiger partial charge in [0.25, 0.3) is 0 Å². The first-order chi connectivity index (χ1) is 5.20. The van der Waals surface area contributed by atoms with E-state index in [2.05, 4.69) is 0 Å². The predicted molar refractivity (Wildman–Crippen MR) is 34.6 cm³/mol. The van der Waals surface area contributed by atoms with E-state index in [0.717, 1.165) is 0 Å². The summed E-state index contributed by atoms with van der Waals surface area (Å²) in [5, 5.41) is 0. The SMILES string of the molecule is O=S([O-])O.O=S([O-])O.O=S([O-])O.[Na+].[Zn+2]. The van der Waals surface area contributed by atoms with Gasteiger partial charge in [0.1, 0.15) is 0 Å². The van der Waals surface area contributed by atoms with Gasteiger partial charge in [-0.3, -0.25) is 0 Å². The van der Waals surface area contributed by atoms with Crippen LogP contribution in [0.4, 0.5) is 0 Å². The Bertz CT molecular complexity index is 118. The molecule has 0 amide bonds. The maximum Gasteiger partial charge on any atom is 2.00 e. The summed E-state index contributed by atoms with van der Waals surface area (Å²) in [6.07, 6.45) is 0. The zero-order valence-electron chi connectivity index (χ0n) is 6.72. The third-order valence-corrected chi connectivity index (χ3v) is 0. The molecular formula is H3NaO9S3Zn. The number of hydrogen-bond donors (Lipinski definition) is 3. The van der Waals surface area contributed by atoms with Crippen molar-refractivity contribution in [3.05, 3.63) is 0 Å². The molecule has 0 aromatic carbocycles. The molecule has 0 aromatic heterocycles. The minimum absolute atomic E-state index is 0. The van der Waals surface area contributed by atoms with Gasteiger partial charge in [0.05, 0.1) is 34.1 Å². The molecule has 0 aliphatic heterocycles. The van der Waals surface area contributed by atoms with Crippen molar-refractivity contribution in [2.75, 3.05) is 0 Å². The van der Waals surface area contributed by atoms with E-state index >= 15 is 0 Å². The average molecular weight is 332 g/mol. The summed E-state index contributed by atoms with van der Waals surface area (Å²) in [7, 11) is 0. The van der Waals surface area contributed by atoms with Crippen molar-refractivity contribution in [2.24, 2.45) is 0 Å². The Morgan fingerprint density at radius 3 is 0.714 bits per heavy atom. The molecule has 0 heterocycles. The fraction of sp³-hybridized carbons (Fsp3) is 0. The topological polar surface area (TPSA) is 181 Å². The van der Waals surface area contributed by atoms with Crippen LogP contribution in [0.25, 0.3) is 0 Å². The molecule has 14 heavy (non-hydrogen) atoms. The van der Waals surface area contributed by atoms with Crippen LogP contribution >= 0.6 is 0 Å². The molecule has 0 rings (SSSR count). The van der Waals surface area contributed by atoms with Crippen LogP contribution in [0.15, 0.2) is 0 Å². The largest absolute Gasteiger partial charge is 2.00 e. The predicted octanol–water partition coefficient (Wildman–Crippen LogP) is -4.98. The van der Waals surface area contributed by atoms with Gasteiger partial charge in [0.2, 0.25) is 0 Å². The van der Waals surface area contributed by atoms with Crippen molar-refractivity contribution >= 4 is 34.1 Å². The molecule has 3 atom stereocenters. The minimum Gasteiger partial charge on any atom is -0.750 e. The summed E-state index contributed by atoms with van der Waals surface area (Å²) in [5.41, 5.74) is 0. The Morgan fingerprint density at radius 2 is 0.714 bits per heavy atom. The van der Waals surface area contributed by atoms with E-state index < -0.39 is 34.1 Å². The summed E-state index contributed by atoms with van der Waals surface area (Å²) < 4.78 is 72.2. The molecule has 0 spiro atoms. The second-order valence-corrected chi connectivity index (χ2v) is 1.95. The van der Waals surface area contributed by atoms with Crippen LogP contribution in [0.5, 0.6) is 0 Å². The number of rotatable bonds is 0. The Balaban J connectivity index is -0.0000000270. The summed E-state index contributed by atoms with van der Waals surface area (Å²) in [6, 6.07) is 0. The average Bonchev–Trinajstić information content (AvgIpc) is 1.54. The van der Waals surface area contributed by atoms with Crippen LogP contribution in [-0.2, 0) is 53.6 Å². The van der Waals surface area contributed by atoms with E-state index in [1.54, 1.807) is 0 Å². The first-order valence-corrected chi connectivity index (χ1v) is 4.64. The van der Waals surface area contributed by atoms with Crippen molar-refractivity contribution in [3.8, 4) is 0 Å². The maximum absolute atomic E-state index is 8.56. The van der Waals surface area contributed by atoms with E-state index in [1.165, 1.54) is 0 Å². The Hall–Kier alpha value is 1.83. The summed E-state index contributed by atoms with van der Waals surface area (Å²) in [5.74, 6) is 0. The van der Waals surface area contributed by atoms with Crippen LogP contribution in [0.1, 0.15) is 0 Å². The van der Waals surface area contributed by atoms with Crippen LogP contribution < -0.4 is 29.6 Å². The van der Waals surface area contributed by atoms with Crippen molar-refractivity contribution < 1.29 is 89.0 Å². The summed E-state index contributed by atoms with van der Waals surface area (Å²) >= 11 is -8.58. The molecule has 3 N–H and O–H groups in total. The van der Waals surface area contributed by atoms with Crippen molar-refractivity contribution in [3.63, 3.8) is 0 Å². The molecule has 14 heteroatoms. The van der Waals surface area contributed by atoms with Gasteiger partial charge in [0, 0.05) is 0 Å². The van der Waals surface area contributed by atoms with Gasteiger partial charge in [-0.1, -0.05) is 0 Å². The molecule has 0 aromatic rings. The molecule has 0 aliphatic carbocycles. The Morgan fingerprint density at radius 1 is 0.714 bits per heavy atom. The number of hydrogen-bond acceptors (Lipinski definition) is 6. The quantitative estimate of drug-likeness (QED) is 0.289. The van der Waals surface area contributed by atoms with Crippen LogP contribution in [0.2, 0.25) is 0 Å². The smallest absolute Gasteiger partial charge is 0.750 e. The van der Waals surface area contributed by atoms with Gasteiger partial charge < -0.3 is 27.3 Å². The van der Waals surface area contributed by atoms with Crippen molar-refractivity contribution in [1.82, 2.24) is 0 Å². The summed E-state index contributed by atoms with van der Waals surface area (Å²) in [6.45, 7) is 0. The van der Waals surface area contributed by atoms with Gasteiger partial charge in [-0.15, -0.1) is 0 Å². The third kappa shape index (κ3) is 678. The van der Waals surface area contributed by atoms with Gasteiger partial charge >= 0.3 is 49.0 Å². The molecule has 3 unspecified atom stereocenters. The second-order valence-electron chi connectivity index (χ2n) is 0.651. The molecule has 0 saturated carbocycles. The van der Waals surface area contributed by atoms with E-state index in [4.69, 9.17) is 39.9 Å². The molecule has 78 valence electrons. The van der Waals surface area contributed by atoms with Crippen molar-refractivity contribution in [1.29, 1.82) is 0 Å². The molecule has 0 saturated heterocycles. The van der Waals surface area contributed by atoms with Gasteiger partial charge in [-0.2, -0.15) is 0 Å². The first-order valence-electron chi connectivity index (χ1n) is 1.55. The van der Waals surface area contributed by atoms with E-state index in [9.17, 15) is 0 Å². The second kappa shape index (κ2) is 24.2. The molecule has 9 nitrogen and oxygen atoms in total. The first kappa shape index (κ1) is 29.7. The summed E-state index contributed by atoms with van der Waals surface area (Å²) in [4.78, 5) is 0. The van der Waals surface area contributed by atoms with Crippen LogP contribution in [-0.4, -0.2) is 39.9 Å². The fourth-order valence-corrected chi connectivity index (χ4v) is 0. The normalized spacial score (nSPS) is 13.3. The molecule has 0 radical (unpaired) electrons. The molecule has 0 fully saturated rings. The molecule has 0 bridgehead atoms. The van der Waals surface area contributed by atoms with Gasteiger partial charge in [-0.25, -0.2) is 12.6 Å². The molecular weight excluding hydrogens is 329 g/mol. The monoisotopic (exact) mass is 330 g/mol. The Labute approximate surface area is 122 Å². The van der Waals surface area contributed by atoms with Gasteiger partial charge in [0.15, 0.2) is 0 Å². The minimum atomic E-state index is -2.86. The Kier molecular flexibility index (Phi) is 51.3. The van der Waals surface area contributed by atoms with E-state index in [-0.39, 0.29) is 49.0 Å². The van der Waals surface area contributed by atoms with Crippen molar-refractivity contribution in [2.45, 2.75) is 0 Å². The molecule has 0 aliphatic rings. The zero-order valence-corrected chi connectivity index (χ0v) is 14.1. The third-order valence-electron chi connectivity index (χ3n) is 0. The maximum atomic E-state index is 8.56. The fourth-order valence-electron chi connectivity index (χ4n) is 0. The van der Waals surface area contributed by atoms with Crippen LogP contribution in [0.3, 0.4) is 0 Å². The van der Waals surface area contributed by atoms with E-state index in [0.29, 0.717) is 0 Å². The van der Waals surface area contributed by atoms with E-state index in [1.807, 2.05) is 0 Å². The standard InChI is InChI=1S/Na.3H2O3S.Zn/c;3*1-4(2)3;/h;3*(H2,1,2,3);/q+1;;;;+2/p-3. The van der Waals surface area contributed by atoms with Gasteiger partial charge in [-0.05, 0) is 0 Å². The zero-order chi connectivity index (χ0) is 10.7.